The number of hydrogen-bond acceptors (Lipinski definition) is 4. The number of hydrogen-bond donors (Lipinski definition) is 0. The van der Waals surface area contributed by atoms with E-state index in [1.807, 2.05) is 20.8 Å². The molecule has 0 radical (unpaired) electrons. The molecule has 2 rings (SSSR count). The van der Waals surface area contributed by atoms with Crippen molar-refractivity contribution >= 4 is 21.4 Å². The Morgan fingerprint density at radius 2 is 1.54 bits per heavy atom. The highest BCUT2D eigenvalue weighted by Gasteiger charge is 2.29. The van der Waals surface area contributed by atoms with Crippen LogP contribution >= 0.6 is 11.3 Å². The van der Waals surface area contributed by atoms with Crippen molar-refractivity contribution < 1.29 is 8.42 Å². The molecule has 1 aromatic heterocycles. The minimum atomic E-state index is -2.85. The van der Waals surface area contributed by atoms with Crippen LogP contribution < -0.4 is 0 Å². The Labute approximate surface area is 179 Å². The van der Waals surface area contributed by atoms with Gasteiger partial charge in [0.1, 0.15) is 0 Å². The molecule has 2 heterocycles. The van der Waals surface area contributed by atoms with Crippen LogP contribution in [-0.4, -0.2) is 36.0 Å². The molecule has 1 aliphatic heterocycles. The van der Waals surface area contributed by atoms with Gasteiger partial charge in [0, 0.05) is 18.0 Å². The van der Waals surface area contributed by atoms with E-state index in [1.165, 1.54) is 10.7 Å². The first-order valence-electron chi connectivity index (χ1n) is 10.5. The van der Waals surface area contributed by atoms with Gasteiger partial charge in [-0.15, -0.1) is 11.3 Å². The van der Waals surface area contributed by atoms with Crippen LogP contribution in [0.25, 0.3) is 0 Å². The van der Waals surface area contributed by atoms with Crippen LogP contribution in [0.1, 0.15) is 92.3 Å². The van der Waals surface area contributed by atoms with E-state index in [-0.39, 0.29) is 6.04 Å². The van der Waals surface area contributed by atoms with Gasteiger partial charge in [0.05, 0.1) is 16.5 Å². The number of thiazole rings is 1. The van der Waals surface area contributed by atoms with Crippen molar-refractivity contribution in [3.63, 3.8) is 0 Å². The molecule has 1 saturated heterocycles. The lowest BCUT2D eigenvalue weighted by Crippen LogP contribution is -2.32. The third-order valence-corrected chi connectivity index (χ3v) is 8.83. The fraction of sp³-hybridized carbons (Fsp3) is 0.864. The lowest BCUT2D eigenvalue weighted by Gasteiger charge is -2.33. The molecule has 0 saturated carbocycles. The van der Waals surface area contributed by atoms with E-state index in [0.717, 1.165) is 18.3 Å². The SMILES string of the molecule is CC(C)C(C)(C)C(C)C.CC(C)N1CCCS1(=O)=O.Cc1nc(C(C)C)cs1. The summed E-state index contributed by atoms with van der Waals surface area (Å²) in [4.78, 5) is 4.33. The van der Waals surface area contributed by atoms with E-state index >= 15 is 0 Å². The highest BCUT2D eigenvalue weighted by atomic mass is 32.2. The second kappa shape index (κ2) is 11.7. The Morgan fingerprint density at radius 3 is 1.68 bits per heavy atom. The van der Waals surface area contributed by atoms with Gasteiger partial charge in [-0.25, -0.2) is 13.4 Å². The van der Waals surface area contributed by atoms with Crippen LogP contribution in [0.3, 0.4) is 0 Å². The summed E-state index contributed by atoms with van der Waals surface area (Å²) in [5, 5.41) is 3.29. The zero-order chi connectivity index (χ0) is 22.3. The molecule has 0 aromatic carbocycles. The Balaban J connectivity index is 0.000000392. The molecule has 1 fully saturated rings. The van der Waals surface area contributed by atoms with Gasteiger partial charge in [0.15, 0.2) is 0 Å². The van der Waals surface area contributed by atoms with Crippen molar-refractivity contribution in [1.82, 2.24) is 9.29 Å². The van der Waals surface area contributed by atoms with Gasteiger partial charge in [-0.2, -0.15) is 4.31 Å². The number of nitrogens with zero attached hydrogens (tertiary/aromatic N) is 2. The first kappa shape index (κ1) is 27.5. The van der Waals surface area contributed by atoms with Gasteiger partial charge in [-0.1, -0.05) is 55.4 Å². The van der Waals surface area contributed by atoms with Gasteiger partial charge < -0.3 is 0 Å². The Bertz CT molecular complexity index is 650. The van der Waals surface area contributed by atoms with Crippen LogP contribution in [0.2, 0.25) is 0 Å². The van der Waals surface area contributed by atoms with E-state index in [4.69, 9.17) is 0 Å². The topological polar surface area (TPSA) is 50.3 Å². The maximum absolute atomic E-state index is 11.1. The lowest BCUT2D eigenvalue weighted by atomic mass is 9.72. The van der Waals surface area contributed by atoms with Crippen molar-refractivity contribution in [3.8, 4) is 0 Å². The molecule has 6 heteroatoms. The highest BCUT2D eigenvalue weighted by Crippen LogP contribution is 2.33. The molecule has 0 spiro atoms. The van der Waals surface area contributed by atoms with Crippen molar-refractivity contribution in [2.75, 3.05) is 12.3 Å². The molecular weight excluding hydrogens is 388 g/mol. The van der Waals surface area contributed by atoms with E-state index in [9.17, 15) is 8.42 Å². The molecule has 166 valence electrons. The maximum Gasteiger partial charge on any atom is 0.214 e. The minimum Gasteiger partial charge on any atom is -0.246 e. The summed E-state index contributed by atoms with van der Waals surface area (Å²) in [7, 11) is -2.85. The summed E-state index contributed by atoms with van der Waals surface area (Å²) in [5.41, 5.74) is 1.72. The van der Waals surface area contributed by atoms with E-state index in [2.05, 4.69) is 65.8 Å². The molecule has 0 aliphatic carbocycles. The van der Waals surface area contributed by atoms with Crippen molar-refractivity contribution in [2.24, 2.45) is 17.3 Å². The molecule has 1 aliphatic rings. The fourth-order valence-electron chi connectivity index (χ4n) is 2.55. The number of rotatable bonds is 4. The van der Waals surface area contributed by atoms with E-state index in [0.29, 0.717) is 23.6 Å². The largest absolute Gasteiger partial charge is 0.246 e. The zero-order valence-corrected chi connectivity index (χ0v) is 21.7. The van der Waals surface area contributed by atoms with Gasteiger partial charge in [0.2, 0.25) is 10.0 Å². The third kappa shape index (κ3) is 8.91. The summed E-state index contributed by atoms with van der Waals surface area (Å²) in [5.74, 6) is 2.50. The first-order valence-corrected chi connectivity index (χ1v) is 13.0. The van der Waals surface area contributed by atoms with E-state index < -0.39 is 10.0 Å². The molecule has 0 atom stereocenters. The second-order valence-corrected chi connectivity index (χ2v) is 12.6. The first-order chi connectivity index (χ1) is 12.6. The highest BCUT2D eigenvalue weighted by molar-refractivity contribution is 7.89. The standard InChI is InChI=1S/C9H20.C7H11NS.C6H13NO2S/c1-7(2)9(5,6)8(3)4;1-5(2)7-4-9-6(3)8-7;1-6(2)7-4-3-5-10(7,8)9/h7-8H,1-6H3;4-5H,1-3H3;6H,3-5H2,1-2H3. The Kier molecular flexibility index (Phi) is 11.5. The van der Waals surface area contributed by atoms with Crippen molar-refractivity contribution in [3.05, 3.63) is 16.1 Å². The summed E-state index contributed by atoms with van der Waals surface area (Å²) in [6, 6.07) is 0.132. The van der Waals surface area contributed by atoms with Crippen LogP contribution in [0.4, 0.5) is 0 Å². The normalized spacial score (nSPS) is 17.0. The predicted octanol–water partition coefficient (Wildman–Crippen LogP) is 6.33. The average molecular weight is 433 g/mol. The molecule has 0 bridgehead atoms. The molecule has 1 aromatic rings. The molecule has 0 amide bonds. The van der Waals surface area contributed by atoms with Crippen LogP contribution in [0, 0.1) is 24.2 Å². The number of aryl methyl sites for hydroxylation is 1. The third-order valence-electron chi connectivity index (χ3n) is 5.92. The molecule has 4 nitrogen and oxygen atoms in total. The van der Waals surface area contributed by atoms with Gasteiger partial charge in [-0.3, -0.25) is 0 Å². The second-order valence-electron chi connectivity index (χ2n) is 9.45. The summed E-state index contributed by atoms with van der Waals surface area (Å²) >= 11 is 1.72. The number of aromatic nitrogens is 1. The summed E-state index contributed by atoms with van der Waals surface area (Å²) in [6.07, 6.45) is 0.792. The van der Waals surface area contributed by atoms with Crippen LogP contribution in [-0.2, 0) is 10.0 Å². The molecule has 28 heavy (non-hydrogen) atoms. The monoisotopic (exact) mass is 432 g/mol. The maximum atomic E-state index is 11.1. The van der Waals surface area contributed by atoms with E-state index in [1.54, 1.807) is 15.6 Å². The van der Waals surface area contributed by atoms with Gasteiger partial charge >= 0.3 is 0 Å². The smallest absolute Gasteiger partial charge is 0.214 e. The number of sulfonamides is 1. The average Bonchev–Trinajstić information content (AvgIpc) is 3.13. The van der Waals surface area contributed by atoms with Crippen LogP contribution in [0.5, 0.6) is 0 Å². The quantitative estimate of drug-likeness (QED) is 0.558. The Morgan fingerprint density at radius 1 is 1.04 bits per heavy atom. The molecule has 0 N–H and O–H groups in total. The van der Waals surface area contributed by atoms with Gasteiger partial charge in [-0.05, 0) is 50.4 Å². The Hall–Kier alpha value is -0.460. The molecular formula is C22H44N2O2S2. The zero-order valence-electron chi connectivity index (χ0n) is 20.0. The summed E-state index contributed by atoms with van der Waals surface area (Å²) in [6.45, 7) is 24.7. The fourth-order valence-corrected chi connectivity index (χ4v) is 5.10. The predicted molar refractivity (Wildman–Crippen MR) is 125 cm³/mol. The van der Waals surface area contributed by atoms with Crippen molar-refractivity contribution in [1.29, 1.82) is 0 Å². The molecule has 0 unspecified atom stereocenters. The van der Waals surface area contributed by atoms with Gasteiger partial charge in [0.25, 0.3) is 0 Å². The summed E-state index contributed by atoms with van der Waals surface area (Å²) < 4.78 is 23.8. The van der Waals surface area contributed by atoms with Crippen molar-refractivity contribution in [2.45, 2.75) is 94.5 Å². The lowest BCUT2D eigenvalue weighted by molar-refractivity contribution is 0.165. The van der Waals surface area contributed by atoms with Crippen LogP contribution in [0.15, 0.2) is 5.38 Å². The minimum absolute atomic E-state index is 0.132.